The average molecular weight is 1450 g/mol. The highest BCUT2D eigenvalue weighted by molar-refractivity contribution is 9.10. The fraction of sp³-hybridized carbons (Fsp3) is 0.0816. The molecule has 14 aromatic carbocycles. The molecule has 0 spiro atoms. The van der Waals surface area contributed by atoms with Gasteiger partial charge >= 0.3 is 0 Å². The van der Waals surface area contributed by atoms with Gasteiger partial charge in [0.05, 0.1) is 14.2 Å². The summed E-state index contributed by atoms with van der Waals surface area (Å²) in [6.45, 7) is 12.7. The Morgan fingerprint density at radius 1 is 0.208 bits per heavy atom. The van der Waals surface area contributed by atoms with Crippen LogP contribution in [-0.2, 0) is 0 Å². The third-order valence-corrected chi connectivity index (χ3v) is 18.8. The minimum absolute atomic E-state index is 0.760. The Hall–Kier alpha value is -12.6. The van der Waals surface area contributed by atoms with Crippen LogP contribution in [-0.4, -0.2) is 14.2 Å². The van der Waals surface area contributed by atoms with Crippen LogP contribution >= 0.6 is 15.9 Å². The van der Waals surface area contributed by atoms with Crippen molar-refractivity contribution in [1.29, 1.82) is 0 Å². The van der Waals surface area contributed by atoms with Crippen LogP contribution in [0.1, 0.15) is 66.8 Å². The number of hydrogen-bond donors (Lipinski definition) is 1. The van der Waals surface area contributed by atoms with E-state index in [9.17, 15) is 0 Å². The Morgan fingerprint density at radius 2 is 0.349 bits per heavy atom. The zero-order valence-electron chi connectivity index (χ0n) is 61.4. The van der Waals surface area contributed by atoms with E-state index >= 15 is 0 Å². The maximum Gasteiger partial charge on any atom is 0.119 e. The number of methoxy groups -OCH3 is 2. The molecule has 2 N–H and O–H groups in total. The molecule has 0 aliphatic rings. The fourth-order valence-corrected chi connectivity index (χ4v) is 12.4. The van der Waals surface area contributed by atoms with Crippen LogP contribution in [0.5, 0.6) is 11.5 Å². The molecular formula is C98H88BrN5O2. The van der Waals surface area contributed by atoms with Crippen LogP contribution in [0, 0.1) is 41.5 Å². The Kier molecular flexibility index (Phi) is 24.5. The molecule has 0 aromatic heterocycles. The van der Waals surface area contributed by atoms with Gasteiger partial charge in [-0.25, -0.2) is 0 Å². The van der Waals surface area contributed by atoms with Crippen molar-refractivity contribution in [3.8, 4) is 11.5 Å². The molecule has 0 fully saturated rings. The predicted molar refractivity (Wildman–Crippen MR) is 458 cm³/mol. The van der Waals surface area contributed by atoms with E-state index in [1.807, 2.05) is 24.3 Å². The summed E-state index contributed by atoms with van der Waals surface area (Å²) in [6, 6.07) is 120. The first kappa shape index (κ1) is 73.1. The molecule has 14 rings (SSSR count). The van der Waals surface area contributed by atoms with E-state index in [0.717, 1.165) is 112 Å². The van der Waals surface area contributed by atoms with Crippen LogP contribution < -0.4 is 34.8 Å². The molecule has 0 atom stereocenters. The van der Waals surface area contributed by atoms with Gasteiger partial charge in [-0.1, -0.05) is 231 Å². The minimum Gasteiger partial charge on any atom is -0.497 e. The van der Waals surface area contributed by atoms with Crippen molar-refractivity contribution < 1.29 is 9.47 Å². The van der Waals surface area contributed by atoms with E-state index in [-0.39, 0.29) is 0 Å². The molecule has 0 bridgehead atoms. The van der Waals surface area contributed by atoms with Crippen LogP contribution in [0.2, 0.25) is 0 Å². The lowest BCUT2D eigenvalue weighted by Crippen LogP contribution is -2.09. The number of anilines is 13. The largest absolute Gasteiger partial charge is 0.497 e. The zero-order chi connectivity index (χ0) is 73.7. The second-order valence-electron chi connectivity index (χ2n) is 26.3. The number of rotatable bonds is 20. The van der Waals surface area contributed by atoms with Crippen LogP contribution in [0.15, 0.2) is 344 Å². The first-order valence-electron chi connectivity index (χ1n) is 35.6. The van der Waals surface area contributed by atoms with Gasteiger partial charge in [-0.3, -0.25) is 0 Å². The lowest BCUT2D eigenvalue weighted by Gasteiger charge is -2.26. The third kappa shape index (κ3) is 19.8. The Balaban J connectivity index is 0.000000221. The number of hydrogen-bond acceptors (Lipinski definition) is 7. The van der Waals surface area contributed by atoms with E-state index in [2.05, 4.69) is 417 Å². The molecule has 0 radical (unpaired) electrons. The molecule has 7 nitrogen and oxygen atoms in total. The standard InChI is InChI=1S/C63H55N3O.C28H24BrN.C7H9NO/c1-46-6-26-54(27-7-46)64(55-28-8-47(2)9-29-55)58-34-18-50(19-35-58)14-16-52-22-38-60(39-23-52)66(62-42-44-63(67-5)45-43-62)61-40-24-53(25-41-61)17-15-51-20-36-59(37-21-51)65(56-30-10-48(3)11-31-56)57-32-12-49(4)13-33-57;1-21-3-15-26(16-4-21)30(27-17-5-22(2)6-18-27)28-19-11-24(12-20-28)8-7-23-9-13-25(29)14-10-23;1-9-7-4-2-6(8)3-5-7/h6-45H,1-5H3;3-20H,1-2H3;2-5H,8H2,1H3/b16-14+,17-15+;8-7+;. The summed E-state index contributed by atoms with van der Waals surface area (Å²) < 4.78 is 11.5. The second kappa shape index (κ2) is 35.5. The number of benzene rings is 14. The van der Waals surface area contributed by atoms with Crippen molar-refractivity contribution in [1.82, 2.24) is 0 Å². The highest BCUT2D eigenvalue weighted by Gasteiger charge is 2.17. The molecule has 0 heterocycles. The monoisotopic (exact) mass is 1450 g/mol. The van der Waals surface area contributed by atoms with E-state index in [1.165, 1.54) is 44.5 Å². The van der Waals surface area contributed by atoms with E-state index in [0.29, 0.717) is 0 Å². The van der Waals surface area contributed by atoms with Gasteiger partial charge in [0, 0.05) is 78.4 Å². The highest BCUT2D eigenvalue weighted by atomic mass is 79.9. The molecule has 0 amide bonds. The topological polar surface area (TPSA) is 57.4 Å². The van der Waals surface area contributed by atoms with Crippen LogP contribution in [0.25, 0.3) is 36.5 Å². The van der Waals surface area contributed by atoms with Gasteiger partial charge in [-0.05, 0) is 269 Å². The third-order valence-electron chi connectivity index (χ3n) is 18.2. The van der Waals surface area contributed by atoms with Crippen molar-refractivity contribution in [3.05, 3.63) is 411 Å². The maximum absolute atomic E-state index is 5.51. The van der Waals surface area contributed by atoms with Gasteiger partial charge in [0.15, 0.2) is 0 Å². The van der Waals surface area contributed by atoms with Crippen LogP contribution in [0.3, 0.4) is 0 Å². The molecule has 0 saturated carbocycles. The van der Waals surface area contributed by atoms with Gasteiger partial charge in [0.25, 0.3) is 0 Å². The Bertz CT molecular complexity index is 4830. The van der Waals surface area contributed by atoms with Crippen molar-refractivity contribution in [2.24, 2.45) is 0 Å². The molecule has 8 heteroatoms. The Labute approximate surface area is 635 Å². The Morgan fingerprint density at radius 3 is 0.519 bits per heavy atom. The van der Waals surface area contributed by atoms with Crippen molar-refractivity contribution >= 4 is 126 Å². The SMILES string of the molecule is COc1ccc(N(c2ccc(/C=C/c3ccc(N(c4ccc(C)cc4)c4ccc(C)cc4)cc3)cc2)c2ccc(/C=C/c3ccc(N(c4ccc(C)cc4)c4ccc(C)cc4)cc3)cc2)cc1.COc1ccc(N)cc1.Cc1ccc(N(c2ccc(C)cc2)c2ccc(/C=C/c3ccc(Br)cc3)cc2)cc1. The fourth-order valence-electron chi connectivity index (χ4n) is 12.1. The number of nitrogen functional groups attached to an aromatic ring is 1. The lowest BCUT2D eigenvalue weighted by atomic mass is 10.1. The maximum atomic E-state index is 5.51. The van der Waals surface area contributed by atoms with Crippen molar-refractivity contribution in [2.75, 3.05) is 39.6 Å². The van der Waals surface area contributed by atoms with Gasteiger partial charge in [-0.15, -0.1) is 0 Å². The summed E-state index contributed by atoms with van der Waals surface area (Å²) in [5.74, 6) is 1.66. The molecule has 0 aliphatic heterocycles. The smallest absolute Gasteiger partial charge is 0.119 e. The molecule has 0 aliphatic carbocycles. The van der Waals surface area contributed by atoms with Gasteiger partial charge in [0.2, 0.25) is 0 Å². The normalized spacial score (nSPS) is 11.0. The number of aryl methyl sites for hydroxylation is 6. The quantitative estimate of drug-likeness (QED) is 0.0603. The predicted octanol–water partition coefficient (Wildman–Crippen LogP) is 27.7. The minimum atomic E-state index is 0.760. The summed E-state index contributed by atoms with van der Waals surface area (Å²) in [5, 5.41) is 0. The zero-order valence-corrected chi connectivity index (χ0v) is 62.9. The molecular weight excluding hydrogens is 1360 g/mol. The van der Waals surface area contributed by atoms with E-state index in [1.54, 1.807) is 26.4 Å². The summed E-state index contributed by atoms with van der Waals surface area (Å²) >= 11 is 3.48. The van der Waals surface area contributed by atoms with Crippen LogP contribution in [0.4, 0.5) is 73.9 Å². The number of nitrogens with two attached hydrogens (primary N) is 1. The first-order chi connectivity index (χ1) is 51.7. The van der Waals surface area contributed by atoms with E-state index < -0.39 is 0 Å². The first-order valence-corrected chi connectivity index (χ1v) is 36.4. The average Bonchev–Trinajstić information content (AvgIpc) is 0.823. The van der Waals surface area contributed by atoms with Gasteiger partial charge < -0.3 is 34.8 Å². The number of halogens is 1. The van der Waals surface area contributed by atoms with Crippen molar-refractivity contribution in [2.45, 2.75) is 41.5 Å². The number of ether oxygens (including phenoxy) is 2. The molecule has 524 valence electrons. The number of nitrogens with zero attached hydrogens (tertiary/aromatic N) is 4. The summed E-state index contributed by atoms with van der Waals surface area (Å²) in [7, 11) is 3.33. The summed E-state index contributed by atoms with van der Waals surface area (Å²) in [6.07, 6.45) is 13.0. The highest BCUT2D eigenvalue weighted by Crippen LogP contribution is 2.40. The second-order valence-corrected chi connectivity index (χ2v) is 27.3. The van der Waals surface area contributed by atoms with Gasteiger partial charge in [-0.2, -0.15) is 0 Å². The molecule has 0 unspecified atom stereocenters. The van der Waals surface area contributed by atoms with Gasteiger partial charge in [0.1, 0.15) is 11.5 Å². The summed E-state index contributed by atoms with van der Waals surface area (Å²) in [5.41, 5.74) is 33.9. The van der Waals surface area contributed by atoms with E-state index in [4.69, 9.17) is 15.2 Å². The molecule has 14 aromatic rings. The summed E-state index contributed by atoms with van der Waals surface area (Å²) in [4.78, 5) is 9.18. The lowest BCUT2D eigenvalue weighted by molar-refractivity contribution is 0.415. The molecule has 0 saturated heterocycles. The van der Waals surface area contributed by atoms with Crippen molar-refractivity contribution in [3.63, 3.8) is 0 Å². The molecule has 106 heavy (non-hydrogen) atoms.